The Morgan fingerprint density at radius 3 is 2.80 bits per heavy atom. The normalized spacial score (nSPS) is 12.5. The number of hydrogen-bond donors (Lipinski definition) is 1. The number of aliphatic hydroxyl groups excluding tert-OH is 1. The van der Waals surface area contributed by atoms with Gasteiger partial charge in [-0.25, -0.2) is 4.39 Å². The van der Waals surface area contributed by atoms with Crippen LogP contribution in [-0.4, -0.2) is 5.11 Å². The molecular weight excluding hydrogens is 215 g/mol. The molecule has 0 saturated heterocycles. The fourth-order valence-corrected chi connectivity index (χ4v) is 1.44. The quantitative estimate of drug-likeness (QED) is 0.776. The summed E-state index contributed by atoms with van der Waals surface area (Å²) in [6.45, 7) is 5.79. The maximum absolute atomic E-state index is 12.9. The lowest BCUT2D eigenvalue weighted by atomic mass is 10.0. The molecule has 0 bridgehead atoms. The average Bonchev–Trinajstić information content (AvgIpc) is 2.21. The summed E-state index contributed by atoms with van der Waals surface area (Å²) >= 11 is 5.62. The second-order valence-corrected chi connectivity index (χ2v) is 3.90. The van der Waals surface area contributed by atoms with Crippen molar-refractivity contribution < 1.29 is 9.50 Å². The third-order valence-electron chi connectivity index (χ3n) is 2.31. The Kier molecular flexibility index (Phi) is 4.30. The monoisotopic (exact) mass is 228 g/mol. The Hall–Kier alpha value is -0.860. The zero-order chi connectivity index (χ0) is 11.4. The molecule has 0 aliphatic heterocycles. The number of halogens is 2. The van der Waals surface area contributed by atoms with E-state index >= 15 is 0 Å². The van der Waals surface area contributed by atoms with Gasteiger partial charge in [0.05, 0.1) is 11.1 Å². The van der Waals surface area contributed by atoms with Crippen LogP contribution in [0.2, 0.25) is 5.02 Å². The van der Waals surface area contributed by atoms with E-state index in [9.17, 15) is 9.50 Å². The van der Waals surface area contributed by atoms with Crippen LogP contribution in [0.5, 0.6) is 0 Å². The van der Waals surface area contributed by atoms with Gasteiger partial charge in [-0.05, 0) is 30.5 Å². The highest BCUT2D eigenvalue weighted by Gasteiger charge is 2.10. The van der Waals surface area contributed by atoms with Crippen LogP contribution in [-0.2, 0) is 0 Å². The van der Waals surface area contributed by atoms with Gasteiger partial charge < -0.3 is 5.11 Å². The van der Waals surface area contributed by atoms with Gasteiger partial charge in [0, 0.05) is 0 Å². The number of aliphatic hydroxyl groups is 1. The summed E-state index contributed by atoms with van der Waals surface area (Å²) in [5.74, 6) is -0.470. The highest BCUT2D eigenvalue weighted by Crippen LogP contribution is 2.25. The van der Waals surface area contributed by atoms with E-state index in [1.54, 1.807) is 0 Å². The van der Waals surface area contributed by atoms with E-state index in [-0.39, 0.29) is 5.02 Å². The summed E-state index contributed by atoms with van der Waals surface area (Å²) in [7, 11) is 0. The Bertz CT molecular complexity index is 363. The first-order chi connectivity index (χ1) is 7.04. The number of rotatable bonds is 4. The van der Waals surface area contributed by atoms with Crippen molar-refractivity contribution in [3.8, 4) is 0 Å². The second-order valence-electron chi connectivity index (χ2n) is 3.50. The van der Waals surface area contributed by atoms with Gasteiger partial charge in [0.1, 0.15) is 5.82 Å². The van der Waals surface area contributed by atoms with Gasteiger partial charge in [-0.3, -0.25) is 0 Å². The zero-order valence-electron chi connectivity index (χ0n) is 8.63. The molecule has 1 aromatic rings. The molecule has 0 amide bonds. The molecule has 3 heteroatoms. The topological polar surface area (TPSA) is 20.2 Å². The molecular formula is C12H14ClFO. The summed E-state index contributed by atoms with van der Waals surface area (Å²) in [5, 5.41) is 9.83. The molecule has 0 aliphatic carbocycles. The van der Waals surface area contributed by atoms with Crippen LogP contribution in [0.3, 0.4) is 0 Å². The van der Waals surface area contributed by atoms with Crippen LogP contribution in [0.15, 0.2) is 30.4 Å². The molecule has 0 fully saturated rings. The predicted molar refractivity (Wildman–Crippen MR) is 60.4 cm³/mol. The summed E-state index contributed by atoms with van der Waals surface area (Å²) < 4.78 is 12.9. The SMILES string of the molecule is C=C(CC)CC(O)c1ccc(F)c(Cl)c1. The summed E-state index contributed by atoms with van der Waals surface area (Å²) in [6.07, 6.45) is 0.653. The fourth-order valence-electron chi connectivity index (χ4n) is 1.26. The van der Waals surface area contributed by atoms with E-state index in [4.69, 9.17) is 11.6 Å². The van der Waals surface area contributed by atoms with Crippen LogP contribution in [0, 0.1) is 5.82 Å². The van der Waals surface area contributed by atoms with E-state index in [1.165, 1.54) is 18.2 Å². The lowest BCUT2D eigenvalue weighted by Gasteiger charge is -2.12. The molecule has 0 radical (unpaired) electrons. The minimum atomic E-state index is -0.657. The zero-order valence-corrected chi connectivity index (χ0v) is 9.39. The van der Waals surface area contributed by atoms with Gasteiger partial charge in [0.2, 0.25) is 0 Å². The smallest absolute Gasteiger partial charge is 0.141 e. The molecule has 82 valence electrons. The standard InChI is InChI=1S/C12H14ClFO/c1-3-8(2)6-12(15)9-4-5-11(14)10(13)7-9/h4-5,7,12,15H,2-3,6H2,1H3. The van der Waals surface area contributed by atoms with Crippen molar-refractivity contribution in [1.29, 1.82) is 0 Å². The first-order valence-corrected chi connectivity index (χ1v) is 5.22. The Balaban J connectivity index is 2.78. The molecule has 0 spiro atoms. The van der Waals surface area contributed by atoms with E-state index in [2.05, 4.69) is 6.58 Å². The van der Waals surface area contributed by atoms with Gasteiger partial charge in [-0.2, -0.15) is 0 Å². The van der Waals surface area contributed by atoms with Gasteiger partial charge >= 0.3 is 0 Å². The molecule has 0 saturated carbocycles. The van der Waals surface area contributed by atoms with Crippen LogP contribution in [0.4, 0.5) is 4.39 Å². The maximum Gasteiger partial charge on any atom is 0.141 e. The van der Waals surface area contributed by atoms with Gasteiger partial charge in [-0.1, -0.05) is 36.7 Å². The van der Waals surface area contributed by atoms with E-state index in [0.717, 1.165) is 12.0 Å². The Morgan fingerprint density at radius 2 is 2.27 bits per heavy atom. The first kappa shape index (κ1) is 12.2. The first-order valence-electron chi connectivity index (χ1n) is 4.84. The predicted octanol–water partition coefficient (Wildman–Crippen LogP) is 3.87. The Morgan fingerprint density at radius 1 is 1.60 bits per heavy atom. The highest BCUT2D eigenvalue weighted by molar-refractivity contribution is 6.30. The maximum atomic E-state index is 12.9. The molecule has 15 heavy (non-hydrogen) atoms. The fraction of sp³-hybridized carbons (Fsp3) is 0.333. The van der Waals surface area contributed by atoms with Crippen molar-refractivity contribution in [3.05, 3.63) is 46.8 Å². The molecule has 0 heterocycles. The molecule has 1 nitrogen and oxygen atoms in total. The van der Waals surface area contributed by atoms with Gasteiger partial charge in [0.25, 0.3) is 0 Å². The van der Waals surface area contributed by atoms with Crippen molar-refractivity contribution in [2.75, 3.05) is 0 Å². The second kappa shape index (κ2) is 5.29. The summed E-state index contributed by atoms with van der Waals surface area (Å²) in [4.78, 5) is 0. The van der Waals surface area contributed by atoms with Crippen LogP contribution < -0.4 is 0 Å². The molecule has 1 unspecified atom stereocenters. The lowest BCUT2D eigenvalue weighted by Crippen LogP contribution is -1.99. The van der Waals surface area contributed by atoms with Crippen molar-refractivity contribution in [1.82, 2.24) is 0 Å². The van der Waals surface area contributed by atoms with Gasteiger partial charge in [-0.15, -0.1) is 0 Å². The van der Waals surface area contributed by atoms with Gasteiger partial charge in [0.15, 0.2) is 0 Å². The number of hydrogen-bond acceptors (Lipinski definition) is 1. The van der Waals surface area contributed by atoms with Crippen molar-refractivity contribution >= 4 is 11.6 Å². The Labute approximate surface area is 94.2 Å². The average molecular weight is 229 g/mol. The molecule has 0 aliphatic rings. The van der Waals surface area contributed by atoms with E-state index < -0.39 is 11.9 Å². The molecule has 0 aromatic heterocycles. The van der Waals surface area contributed by atoms with E-state index in [1.807, 2.05) is 6.92 Å². The van der Waals surface area contributed by atoms with Crippen LogP contribution in [0.25, 0.3) is 0 Å². The molecule has 1 rings (SSSR count). The molecule has 1 N–H and O–H groups in total. The highest BCUT2D eigenvalue weighted by atomic mass is 35.5. The van der Waals surface area contributed by atoms with E-state index in [0.29, 0.717) is 12.0 Å². The van der Waals surface area contributed by atoms with Crippen molar-refractivity contribution in [2.45, 2.75) is 25.9 Å². The molecule has 1 aromatic carbocycles. The third kappa shape index (κ3) is 3.33. The van der Waals surface area contributed by atoms with Crippen LogP contribution in [0.1, 0.15) is 31.4 Å². The third-order valence-corrected chi connectivity index (χ3v) is 2.60. The number of benzene rings is 1. The minimum Gasteiger partial charge on any atom is -0.388 e. The summed E-state index contributed by atoms with van der Waals surface area (Å²) in [6, 6.07) is 4.24. The lowest BCUT2D eigenvalue weighted by molar-refractivity contribution is 0.177. The largest absolute Gasteiger partial charge is 0.388 e. The van der Waals surface area contributed by atoms with Crippen molar-refractivity contribution in [2.24, 2.45) is 0 Å². The van der Waals surface area contributed by atoms with Crippen molar-refractivity contribution in [3.63, 3.8) is 0 Å². The molecule has 1 atom stereocenters. The minimum absolute atomic E-state index is 0.0358. The summed E-state index contributed by atoms with van der Waals surface area (Å²) in [5.41, 5.74) is 1.58. The van der Waals surface area contributed by atoms with Crippen LogP contribution >= 0.6 is 11.6 Å².